The van der Waals surface area contributed by atoms with Gasteiger partial charge >= 0.3 is 0 Å². The predicted molar refractivity (Wildman–Crippen MR) is 67.3 cm³/mol. The molecule has 0 spiro atoms. The van der Waals surface area contributed by atoms with Crippen LogP contribution >= 0.6 is 11.6 Å². The Labute approximate surface area is 100 Å². The molecule has 1 aromatic heterocycles. The average molecular weight is 233 g/mol. The molecule has 2 nitrogen and oxygen atoms in total. The summed E-state index contributed by atoms with van der Waals surface area (Å²) in [5, 5.41) is 0.496. The molecule has 1 aromatic carbocycles. The largest absolute Gasteiger partial charge is 0.326 e. The summed E-state index contributed by atoms with van der Waals surface area (Å²) in [6.45, 7) is 2.54. The number of aromatic nitrogens is 1. The summed E-state index contributed by atoms with van der Waals surface area (Å²) in [7, 11) is 0. The fourth-order valence-electron chi connectivity index (χ4n) is 1.75. The minimum atomic E-state index is 0.466. The van der Waals surface area contributed by atoms with E-state index in [-0.39, 0.29) is 0 Å². The van der Waals surface area contributed by atoms with E-state index >= 15 is 0 Å². The molecule has 0 amide bonds. The van der Waals surface area contributed by atoms with Gasteiger partial charge in [0.1, 0.15) is 5.15 Å². The van der Waals surface area contributed by atoms with Gasteiger partial charge in [0.25, 0.3) is 0 Å². The van der Waals surface area contributed by atoms with Crippen molar-refractivity contribution in [2.24, 2.45) is 5.73 Å². The molecule has 0 radical (unpaired) electrons. The maximum atomic E-state index is 5.92. The summed E-state index contributed by atoms with van der Waals surface area (Å²) >= 11 is 5.92. The molecule has 0 saturated heterocycles. The van der Waals surface area contributed by atoms with E-state index in [1.165, 1.54) is 5.56 Å². The van der Waals surface area contributed by atoms with Crippen LogP contribution in [0.25, 0.3) is 11.1 Å². The van der Waals surface area contributed by atoms with Crippen molar-refractivity contribution in [3.05, 3.63) is 52.8 Å². The summed E-state index contributed by atoms with van der Waals surface area (Å²) in [6, 6.07) is 10.0. The number of aryl methyl sites for hydroxylation is 1. The maximum absolute atomic E-state index is 5.92. The van der Waals surface area contributed by atoms with Gasteiger partial charge in [-0.15, -0.1) is 0 Å². The minimum absolute atomic E-state index is 0.466. The highest BCUT2D eigenvalue weighted by molar-refractivity contribution is 6.29. The number of benzene rings is 1. The molecule has 0 aliphatic rings. The minimum Gasteiger partial charge on any atom is -0.326 e. The van der Waals surface area contributed by atoms with E-state index in [2.05, 4.69) is 24.0 Å². The number of nitrogens with zero attached hydrogens (tertiary/aromatic N) is 1. The zero-order chi connectivity index (χ0) is 11.5. The van der Waals surface area contributed by atoms with E-state index in [1.807, 2.05) is 18.2 Å². The predicted octanol–water partition coefficient (Wildman–Crippen LogP) is 3.17. The summed E-state index contributed by atoms with van der Waals surface area (Å²) in [5.74, 6) is 0. The number of hydrogen-bond acceptors (Lipinski definition) is 2. The highest BCUT2D eigenvalue weighted by atomic mass is 35.5. The van der Waals surface area contributed by atoms with Crippen LogP contribution in [-0.4, -0.2) is 4.98 Å². The molecule has 3 heteroatoms. The topological polar surface area (TPSA) is 38.9 Å². The lowest BCUT2D eigenvalue weighted by molar-refractivity contribution is 1.05. The zero-order valence-corrected chi connectivity index (χ0v) is 9.83. The van der Waals surface area contributed by atoms with E-state index in [0.717, 1.165) is 16.7 Å². The molecule has 0 aliphatic heterocycles. The third kappa shape index (κ3) is 2.08. The van der Waals surface area contributed by atoms with Crippen LogP contribution in [0.2, 0.25) is 5.15 Å². The van der Waals surface area contributed by atoms with Crippen molar-refractivity contribution in [2.45, 2.75) is 13.5 Å². The summed E-state index contributed by atoms with van der Waals surface area (Å²) in [4.78, 5) is 4.05. The van der Waals surface area contributed by atoms with Gasteiger partial charge in [-0.3, -0.25) is 0 Å². The molecule has 2 N–H and O–H groups in total. The van der Waals surface area contributed by atoms with Crippen LogP contribution in [0.5, 0.6) is 0 Å². The molecule has 2 rings (SSSR count). The molecule has 0 saturated carbocycles. The Hall–Kier alpha value is -1.38. The third-order valence-corrected chi connectivity index (χ3v) is 2.81. The van der Waals surface area contributed by atoms with E-state index in [0.29, 0.717) is 11.7 Å². The van der Waals surface area contributed by atoms with E-state index in [4.69, 9.17) is 17.3 Å². The molecule has 0 unspecified atom stereocenters. The van der Waals surface area contributed by atoms with Gasteiger partial charge in [-0.2, -0.15) is 0 Å². The fraction of sp³-hybridized carbons (Fsp3) is 0.154. The lowest BCUT2D eigenvalue weighted by Crippen LogP contribution is -2.00. The second-order valence-electron chi connectivity index (χ2n) is 3.68. The van der Waals surface area contributed by atoms with Crippen molar-refractivity contribution < 1.29 is 0 Å². The Morgan fingerprint density at radius 2 is 2.00 bits per heavy atom. The summed E-state index contributed by atoms with van der Waals surface area (Å²) < 4.78 is 0. The normalized spacial score (nSPS) is 10.4. The lowest BCUT2D eigenvalue weighted by atomic mass is 9.98. The summed E-state index contributed by atoms with van der Waals surface area (Å²) in [6.07, 6.45) is 1.74. The van der Waals surface area contributed by atoms with E-state index < -0.39 is 0 Å². The lowest BCUT2D eigenvalue weighted by Gasteiger charge is -2.10. The van der Waals surface area contributed by atoms with Gasteiger partial charge in [-0.1, -0.05) is 35.9 Å². The van der Waals surface area contributed by atoms with Crippen molar-refractivity contribution in [2.75, 3.05) is 0 Å². The zero-order valence-electron chi connectivity index (χ0n) is 9.07. The van der Waals surface area contributed by atoms with Gasteiger partial charge < -0.3 is 5.73 Å². The Balaban J connectivity index is 2.63. The van der Waals surface area contributed by atoms with Crippen molar-refractivity contribution in [1.29, 1.82) is 0 Å². The van der Waals surface area contributed by atoms with Gasteiger partial charge in [0.05, 0.1) is 0 Å². The third-order valence-electron chi connectivity index (χ3n) is 2.61. The molecular weight excluding hydrogens is 220 g/mol. The highest BCUT2D eigenvalue weighted by Crippen LogP contribution is 2.27. The van der Waals surface area contributed by atoms with Gasteiger partial charge in [0, 0.05) is 12.7 Å². The standard InChI is InChI=1S/C13H13ClN2/c1-9-4-2-3-5-11(9)12-6-13(14)16-8-10(12)7-15/h2-6,8H,7,15H2,1H3. The average Bonchev–Trinajstić information content (AvgIpc) is 2.29. The SMILES string of the molecule is Cc1ccccc1-c1cc(Cl)ncc1CN. The van der Waals surface area contributed by atoms with Crippen LogP contribution in [0.1, 0.15) is 11.1 Å². The first kappa shape index (κ1) is 11.1. The quantitative estimate of drug-likeness (QED) is 0.808. The smallest absolute Gasteiger partial charge is 0.129 e. The molecule has 2 aromatic rings. The van der Waals surface area contributed by atoms with Crippen LogP contribution in [-0.2, 0) is 6.54 Å². The highest BCUT2D eigenvalue weighted by Gasteiger charge is 2.07. The second-order valence-corrected chi connectivity index (χ2v) is 4.07. The number of nitrogens with two attached hydrogens (primary N) is 1. The number of halogens is 1. The van der Waals surface area contributed by atoms with E-state index in [9.17, 15) is 0 Å². The molecule has 0 fully saturated rings. The molecular formula is C13H13ClN2. The van der Waals surface area contributed by atoms with E-state index in [1.54, 1.807) is 6.20 Å². The van der Waals surface area contributed by atoms with Gasteiger partial charge in [0.2, 0.25) is 0 Å². The second kappa shape index (κ2) is 4.64. The first-order valence-corrected chi connectivity index (χ1v) is 5.50. The van der Waals surface area contributed by atoms with Gasteiger partial charge in [-0.05, 0) is 35.2 Å². The molecule has 0 bridgehead atoms. The van der Waals surface area contributed by atoms with Crippen molar-refractivity contribution in [3.8, 4) is 11.1 Å². The number of rotatable bonds is 2. The Morgan fingerprint density at radius 1 is 1.25 bits per heavy atom. The first-order valence-electron chi connectivity index (χ1n) is 5.13. The fourth-order valence-corrected chi connectivity index (χ4v) is 1.90. The molecule has 82 valence electrons. The van der Waals surface area contributed by atoms with Crippen LogP contribution in [0, 0.1) is 6.92 Å². The summed E-state index contributed by atoms with van der Waals surface area (Å²) in [5.41, 5.74) is 10.2. The first-order chi connectivity index (χ1) is 7.72. The van der Waals surface area contributed by atoms with Crippen LogP contribution in [0.4, 0.5) is 0 Å². The van der Waals surface area contributed by atoms with Crippen molar-refractivity contribution in [3.63, 3.8) is 0 Å². The van der Waals surface area contributed by atoms with Crippen LogP contribution in [0.15, 0.2) is 36.5 Å². The monoisotopic (exact) mass is 232 g/mol. The van der Waals surface area contributed by atoms with Crippen molar-refractivity contribution in [1.82, 2.24) is 4.98 Å². The van der Waals surface area contributed by atoms with Gasteiger partial charge in [0.15, 0.2) is 0 Å². The number of hydrogen-bond donors (Lipinski definition) is 1. The van der Waals surface area contributed by atoms with Gasteiger partial charge in [-0.25, -0.2) is 4.98 Å². The molecule has 0 aliphatic carbocycles. The van der Waals surface area contributed by atoms with Crippen LogP contribution < -0.4 is 5.73 Å². The number of pyridine rings is 1. The molecule has 16 heavy (non-hydrogen) atoms. The molecule has 1 heterocycles. The Kier molecular flexibility index (Phi) is 3.22. The molecule has 0 atom stereocenters. The maximum Gasteiger partial charge on any atom is 0.129 e. The Morgan fingerprint density at radius 3 is 2.69 bits per heavy atom. The van der Waals surface area contributed by atoms with Crippen LogP contribution in [0.3, 0.4) is 0 Å². The van der Waals surface area contributed by atoms with Crippen molar-refractivity contribution >= 4 is 11.6 Å². The Bertz CT molecular complexity index is 509.